The van der Waals surface area contributed by atoms with Crippen LogP contribution in [0.25, 0.3) is 11.1 Å². The second-order valence-corrected chi connectivity index (χ2v) is 6.05. The molecule has 114 valence electrons. The number of Topliss-reactive ketones (excluding diaryl/α,β-unsaturated/α-hetero) is 1. The van der Waals surface area contributed by atoms with Gasteiger partial charge in [-0.1, -0.05) is 37.3 Å². The number of hydrogen-bond acceptors (Lipinski definition) is 2. The topological polar surface area (TPSA) is 34.9 Å². The maximum Gasteiger partial charge on any atom is 0.182 e. The van der Waals surface area contributed by atoms with Gasteiger partial charge in [-0.3, -0.25) is 4.79 Å². The Kier molecular flexibility index (Phi) is 3.34. The molecule has 1 aromatic heterocycles. The number of ketones is 1. The van der Waals surface area contributed by atoms with Crippen LogP contribution in [0.1, 0.15) is 34.0 Å². The zero-order valence-corrected chi connectivity index (χ0v) is 13.1. The van der Waals surface area contributed by atoms with Crippen LogP contribution in [-0.4, -0.2) is 15.3 Å². The van der Waals surface area contributed by atoms with Gasteiger partial charge in [0.2, 0.25) is 0 Å². The third kappa shape index (κ3) is 2.48. The molecule has 3 nitrogen and oxygen atoms in total. The summed E-state index contributed by atoms with van der Waals surface area (Å²) in [6.45, 7) is 2.52. The largest absolute Gasteiger partial charge is 0.330 e. The van der Waals surface area contributed by atoms with Crippen molar-refractivity contribution in [2.45, 2.75) is 26.3 Å². The van der Waals surface area contributed by atoms with E-state index in [-0.39, 0.29) is 5.78 Å². The van der Waals surface area contributed by atoms with Crippen molar-refractivity contribution in [3.63, 3.8) is 0 Å². The minimum absolute atomic E-state index is 0.121. The number of aromatic nitrogens is 2. The van der Waals surface area contributed by atoms with Gasteiger partial charge in [-0.05, 0) is 46.7 Å². The maximum atomic E-state index is 12.4. The van der Waals surface area contributed by atoms with Gasteiger partial charge in [0.05, 0.1) is 12.9 Å². The van der Waals surface area contributed by atoms with Crippen molar-refractivity contribution < 1.29 is 4.79 Å². The fraction of sp³-hybridized carbons (Fsp3) is 0.200. The first-order valence-electron chi connectivity index (χ1n) is 7.98. The molecular formula is C20H18N2O. The first-order chi connectivity index (χ1) is 11.2. The quantitative estimate of drug-likeness (QED) is 0.536. The zero-order valence-electron chi connectivity index (χ0n) is 13.1. The molecule has 0 saturated heterocycles. The van der Waals surface area contributed by atoms with Gasteiger partial charge in [-0.15, -0.1) is 0 Å². The molecule has 2 aromatic carbocycles. The number of rotatable bonds is 4. The molecule has 0 unspecified atom stereocenters. The summed E-state index contributed by atoms with van der Waals surface area (Å²) in [4.78, 5) is 16.4. The molecule has 1 aliphatic rings. The molecule has 0 aliphatic heterocycles. The minimum Gasteiger partial charge on any atom is -0.330 e. The molecule has 0 saturated carbocycles. The van der Waals surface area contributed by atoms with Gasteiger partial charge >= 0.3 is 0 Å². The highest BCUT2D eigenvalue weighted by atomic mass is 16.1. The average molecular weight is 302 g/mol. The highest BCUT2D eigenvalue weighted by Crippen LogP contribution is 2.37. The molecule has 0 amide bonds. The molecule has 4 rings (SSSR count). The summed E-state index contributed by atoms with van der Waals surface area (Å²) in [7, 11) is 0. The van der Waals surface area contributed by atoms with Crippen molar-refractivity contribution in [1.82, 2.24) is 9.55 Å². The van der Waals surface area contributed by atoms with Gasteiger partial charge in [0.1, 0.15) is 0 Å². The predicted molar refractivity (Wildman–Crippen MR) is 90.6 cm³/mol. The SMILES string of the molecule is CCc1ccc2c(c1)Cc1cc(C(=O)Cn3ccnc3)ccc1-2. The van der Waals surface area contributed by atoms with Crippen LogP contribution < -0.4 is 0 Å². The summed E-state index contributed by atoms with van der Waals surface area (Å²) in [5, 5.41) is 0. The van der Waals surface area contributed by atoms with Crippen LogP contribution in [0.3, 0.4) is 0 Å². The van der Waals surface area contributed by atoms with E-state index in [9.17, 15) is 4.79 Å². The Morgan fingerprint density at radius 2 is 1.91 bits per heavy atom. The number of carbonyl (C=O) groups excluding carboxylic acids is 1. The van der Waals surface area contributed by atoms with Crippen molar-refractivity contribution in [2.24, 2.45) is 0 Å². The van der Waals surface area contributed by atoms with E-state index in [1.165, 1.54) is 27.8 Å². The van der Waals surface area contributed by atoms with E-state index in [0.29, 0.717) is 6.54 Å². The first kappa shape index (κ1) is 13.9. The lowest BCUT2D eigenvalue weighted by Crippen LogP contribution is -2.09. The van der Waals surface area contributed by atoms with Crippen LogP contribution in [0.4, 0.5) is 0 Å². The van der Waals surface area contributed by atoms with Crippen molar-refractivity contribution in [3.05, 3.63) is 77.4 Å². The minimum atomic E-state index is 0.121. The molecule has 23 heavy (non-hydrogen) atoms. The van der Waals surface area contributed by atoms with E-state index in [1.54, 1.807) is 17.1 Å². The number of fused-ring (bicyclic) bond motifs is 3. The summed E-state index contributed by atoms with van der Waals surface area (Å²) in [6, 6.07) is 12.8. The molecule has 0 spiro atoms. The fourth-order valence-electron chi connectivity index (χ4n) is 3.29. The second-order valence-electron chi connectivity index (χ2n) is 6.05. The second kappa shape index (κ2) is 5.51. The summed E-state index contributed by atoms with van der Waals surface area (Å²) in [6.07, 6.45) is 7.15. The number of imidazole rings is 1. The third-order valence-corrected chi connectivity index (χ3v) is 4.56. The smallest absolute Gasteiger partial charge is 0.182 e. The van der Waals surface area contributed by atoms with Crippen LogP contribution >= 0.6 is 0 Å². The van der Waals surface area contributed by atoms with Crippen molar-refractivity contribution in [2.75, 3.05) is 0 Å². The predicted octanol–water partition coefficient (Wildman–Crippen LogP) is 3.90. The van der Waals surface area contributed by atoms with E-state index in [2.05, 4.69) is 42.2 Å². The average Bonchev–Trinajstić information content (AvgIpc) is 3.20. The van der Waals surface area contributed by atoms with E-state index < -0.39 is 0 Å². The van der Waals surface area contributed by atoms with Gasteiger partial charge in [0.25, 0.3) is 0 Å². The van der Waals surface area contributed by atoms with Crippen molar-refractivity contribution >= 4 is 5.78 Å². The molecule has 0 bridgehead atoms. The lowest BCUT2D eigenvalue weighted by Gasteiger charge is -2.06. The maximum absolute atomic E-state index is 12.4. The Morgan fingerprint density at radius 3 is 2.65 bits per heavy atom. The Balaban J connectivity index is 1.63. The number of benzene rings is 2. The van der Waals surface area contributed by atoms with Gasteiger partial charge in [-0.25, -0.2) is 4.98 Å². The Hall–Kier alpha value is -2.68. The monoisotopic (exact) mass is 302 g/mol. The number of hydrogen-bond donors (Lipinski definition) is 0. The summed E-state index contributed by atoms with van der Waals surface area (Å²) in [5.41, 5.74) is 7.35. The van der Waals surface area contributed by atoms with Crippen molar-refractivity contribution in [1.29, 1.82) is 0 Å². The van der Waals surface area contributed by atoms with E-state index in [4.69, 9.17) is 0 Å². The van der Waals surface area contributed by atoms with E-state index >= 15 is 0 Å². The van der Waals surface area contributed by atoms with Crippen LogP contribution in [-0.2, 0) is 19.4 Å². The van der Waals surface area contributed by atoms with E-state index in [0.717, 1.165) is 18.4 Å². The number of aryl methyl sites for hydroxylation is 1. The standard InChI is InChI=1S/C20H18N2O/c1-2-14-3-5-18-16(9-14)11-17-10-15(4-6-19(17)18)20(23)12-22-8-7-21-13-22/h3-10,13H,2,11-12H2,1H3. The van der Waals surface area contributed by atoms with Crippen LogP contribution in [0.5, 0.6) is 0 Å². The Bertz CT molecular complexity index is 879. The first-order valence-corrected chi connectivity index (χ1v) is 7.98. The van der Waals surface area contributed by atoms with Crippen LogP contribution in [0.2, 0.25) is 0 Å². The van der Waals surface area contributed by atoms with Gasteiger partial charge in [0.15, 0.2) is 5.78 Å². The number of carbonyl (C=O) groups is 1. The molecule has 1 aliphatic carbocycles. The highest BCUT2D eigenvalue weighted by Gasteiger charge is 2.20. The zero-order chi connectivity index (χ0) is 15.8. The highest BCUT2D eigenvalue weighted by molar-refractivity contribution is 5.97. The molecule has 0 radical (unpaired) electrons. The molecule has 3 aromatic rings. The molecular weight excluding hydrogens is 284 g/mol. The van der Waals surface area contributed by atoms with Crippen LogP contribution in [0, 0.1) is 0 Å². The molecule has 0 fully saturated rings. The van der Waals surface area contributed by atoms with Gasteiger partial charge < -0.3 is 4.57 Å². The fourth-order valence-corrected chi connectivity index (χ4v) is 3.29. The lowest BCUT2D eigenvalue weighted by molar-refractivity contribution is 0.0972. The summed E-state index contributed by atoms with van der Waals surface area (Å²) < 4.78 is 1.80. The van der Waals surface area contributed by atoms with E-state index in [1.807, 2.05) is 12.3 Å². The lowest BCUT2D eigenvalue weighted by atomic mass is 10.0. The number of nitrogens with zero attached hydrogens (tertiary/aromatic N) is 2. The third-order valence-electron chi connectivity index (χ3n) is 4.56. The molecule has 1 heterocycles. The molecule has 0 N–H and O–H groups in total. The van der Waals surface area contributed by atoms with Crippen LogP contribution in [0.15, 0.2) is 55.1 Å². The van der Waals surface area contributed by atoms with Gasteiger partial charge in [-0.2, -0.15) is 0 Å². The van der Waals surface area contributed by atoms with Crippen molar-refractivity contribution in [3.8, 4) is 11.1 Å². The normalized spacial score (nSPS) is 12.0. The summed E-state index contributed by atoms with van der Waals surface area (Å²) >= 11 is 0. The Morgan fingerprint density at radius 1 is 1.13 bits per heavy atom. The Labute approximate surface area is 135 Å². The molecule has 3 heteroatoms. The van der Waals surface area contributed by atoms with Gasteiger partial charge in [0, 0.05) is 18.0 Å². The molecule has 0 atom stereocenters. The summed E-state index contributed by atoms with van der Waals surface area (Å²) in [5.74, 6) is 0.121.